The minimum Gasteiger partial charge on any atom is -0.360 e. The summed E-state index contributed by atoms with van der Waals surface area (Å²) < 4.78 is 1.89. The van der Waals surface area contributed by atoms with Gasteiger partial charge in [0.2, 0.25) is 11.8 Å². The molecule has 2 aromatic heterocycles. The molecular weight excluding hydrogens is 418 g/mol. The number of nitrogens with one attached hydrogen (secondary N) is 2. The first-order valence-electron chi connectivity index (χ1n) is 11.2. The van der Waals surface area contributed by atoms with Crippen LogP contribution in [0.5, 0.6) is 0 Å². The molecule has 1 aromatic carbocycles. The quantitative estimate of drug-likeness (QED) is 0.611. The van der Waals surface area contributed by atoms with Crippen molar-refractivity contribution in [2.75, 3.05) is 6.54 Å². The van der Waals surface area contributed by atoms with Gasteiger partial charge in [0.05, 0.1) is 11.9 Å². The minimum atomic E-state index is -0.585. The lowest BCUT2D eigenvalue weighted by Gasteiger charge is -2.29. The number of allylic oxidation sites excluding steroid dienone is 1. The van der Waals surface area contributed by atoms with Gasteiger partial charge in [-0.05, 0) is 36.5 Å². The van der Waals surface area contributed by atoms with Crippen molar-refractivity contribution in [2.45, 2.75) is 31.7 Å². The summed E-state index contributed by atoms with van der Waals surface area (Å²) in [6, 6.07) is 7.61. The number of aromatic nitrogens is 3. The Morgan fingerprint density at radius 1 is 1.06 bits per heavy atom. The van der Waals surface area contributed by atoms with Gasteiger partial charge in [0.15, 0.2) is 0 Å². The molecule has 33 heavy (non-hydrogen) atoms. The highest BCUT2D eigenvalue weighted by Crippen LogP contribution is 2.40. The van der Waals surface area contributed by atoms with Gasteiger partial charge in [0.1, 0.15) is 6.04 Å². The molecule has 166 valence electrons. The molecule has 1 unspecified atom stereocenters. The molecule has 4 heterocycles. The van der Waals surface area contributed by atoms with E-state index in [1.54, 1.807) is 4.90 Å². The van der Waals surface area contributed by atoms with Crippen LogP contribution in [-0.2, 0) is 21.4 Å². The van der Waals surface area contributed by atoms with Crippen LogP contribution < -0.4 is 5.32 Å². The molecule has 0 spiro atoms. The Morgan fingerprint density at radius 3 is 2.76 bits per heavy atom. The molecular formula is C25H23N5O3. The van der Waals surface area contributed by atoms with Gasteiger partial charge in [-0.3, -0.25) is 24.4 Å². The molecule has 0 bridgehead atoms. The smallest absolute Gasteiger partial charge is 0.251 e. The van der Waals surface area contributed by atoms with Crippen molar-refractivity contribution in [1.29, 1.82) is 0 Å². The summed E-state index contributed by atoms with van der Waals surface area (Å²) in [5.41, 5.74) is 7.13. The lowest BCUT2D eigenvalue weighted by atomic mass is 9.89. The summed E-state index contributed by atoms with van der Waals surface area (Å²) in [4.78, 5) is 41.9. The molecule has 6 rings (SSSR count). The van der Waals surface area contributed by atoms with Crippen LogP contribution in [0, 0.1) is 0 Å². The Bertz CT molecular complexity index is 1410. The topological polar surface area (TPSA) is 100 Å². The Morgan fingerprint density at radius 2 is 1.91 bits per heavy atom. The summed E-state index contributed by atoms with van der Waals surface area (Å²) in [6.45, 7) is 0.395. The molecule has 2 N–H and O–H groups in total. The molecule has 1 aliphatic carbocycles. The van der Waals surface area contributed by atoms with Crippen molar-refractivity contribution in [1.82, 2.24) is 25.0 Å². The maximum absolute atomic E-state index is 13.1. The van der Waals surface area contributed by atoms with Crippen LogP contribution in [0.2, 0.25) is 0 Å². The van der Waals surface area contributed by atoms with Crippen LogP contribution in [-0.4, -0.2) is 50.0 Å². The van der Waals surface area contributed by atoms with Gasteiger partial charge in [0.25, 0.3) is 5.91 Å². The molecule has 8 heteroatoms. The van der Waals surface area contributed by atoms with E-state index < -0.39 is 6.04 Å². The van der Waals surface area contributed by atoms with Gasteiger partial charge >= 0.3 is 0 Å². The molecule has 2 aliphatic heterocycles. The van der Waals surface area contributed by atoms with Crippen LogP contribution in [0.15, 0.2) is 53.9 Å². The number of piperidine rings is 1. The largest absolute Gasteiger partial charge is 0.360 e. The van der Waals surface area contributed by atoms with Gasteiger partial charge in [-0.2, -0.15) is 5.10 Å². The predicted octanol–water partition coefficient (Wildman–Crippen LogP) is 2.69. The molecule has 1 atom stereocenters. The number of imide groups is 1. The number of para-hydroxylation sites is 1. The van der Waals surface area contributed by atoms with E-state index in [1.807, 2.05) is 36.3 Å². The summed E-state index contributed by atoms with van der Waals surface area (Å²) in [5, 5.41) is 8.05. The van der Waals surface area contributed by atoms with Crippen molar-refractivity contribution >= 4 is 34.2 Å². The zero-order valence-electron chi connectivity index (χ0n) is 18.2. The normalized spacial score (nSPS) is 21.0. The Balaban J connectivity index is 1.35. The monoisotopic (exact) mass is 441 g/mol. The van der Waals surface area contributed by atoms with Crippen molar-refractivity contribution in [3.05, 3.63) is 59.4 Å². The maximum Gasteiger partial charge on any atom is 0.251 e. The van der Waals surface area contributed by atoms with Gasteiger partial charge < -0.3 is 9.88 Å². The number of fused-ring (bicyclic) bond motifs is 1. The molecule has 0 radical (unpaired) electrons. The second kappa shape index (κ2) is 7.30. The fourth-order valence-electron chi connectivity index (χ4n) is 5.31. The third kappa shape index (κ3) is 3.05. The van der Waals surface area contributed by atoms with Crippen molar-refractivity contribution in [3.63, 3.8) is 0 Å². The Labute approximate surface area is 189 Å². The number of aromatic amines is 1. The zero-order chi connectivity index (χ0) is 22.7. The standard InChI is InChI=1S/C25H23N5O3/c1-29-23(19-11-26-20-5-3-2-4-17(19)20)18(12-27-29)14-6-7-16-15(10-14)13-30(25(16)33)21-8-9-22(31)28-24(21)32/h2-5,10-12,21,26H,6-9,13H2,1H3,(H,28,31,32). The number of rotatable bonds is 3. The fourth-order valence-corrected chi connectivity index (χ4v) is 5.31. The van der Waals surface area contributed by atoms with Crippen LogP contribution in [0.4, 0.5) is 0 Å². The van der Waals surface area contributed by atoms with Crippen LogP contribution >= 0.6 is 0 Å². The Kier molecular flexibility index (Phi) is 4.36. The molecule has 3 aromatic rings. The summed E-state index contributed by atoms with van der Waals surface area (Å²) in [7, 11) is 1.94. The number of nitrogens with zero attached hydrogens (tertiary/aromatic N) is 3. The number of hydrogen-bond donors (Lipinski definition) is 2. The summed E-state index contributed by atoms with van der Waals surface area (Å²) >= 11 is 0. The van der Waals surface area contributed by atoms with E-state index >= 15 is 0 Å². The molecule has 1 saturated heterocycles. The minimum absolute atomic E-state index is 0.0853. The number of carbonyl (C=O) groups excluding carboxylic acids is 3. The number of hydrogen-bond acceptors (Lipinski definition) is 4. The SMILES string of the molecule is Cn1ncc(C2=CC3=C(CC2)C(=O)N(C2CCC(=O)NC2=O)C3)c1-c1c[nH]c2ccccc12. The van der Waals surface area contributed by atoms with Crippen LogP contribution in [0.25, 0.3) is 27.7 Å². The molecule has 8 nitrogen and oxygen atoms in total. The average molecular weight is 441 g/mol. The molecule has 1 fully saturated rings. The zero-order valence-corrected chi connectivity index (χ0v) is 18.2. The summed E-state index contributed by atoms with van der Waals surface area (Å²) in [6.07, 6.45) is 8.00. The number of amides is 3. The molecule has 3 aliphatic rings. The van der Waals surface area contributed by atoms with Crippen LogP contribution in [0.1, 0.15) is 31.2 Å². The van der Waals surface area contributed by atoms with Crippen molar-refractivity contribution in [2.24, 2.45) is 7.05 Å². The number of carbonyl (C=O) groups is 3. The van der Waals surface area contributed by atoms with E-state index in [0.29, 0.717) is 19.4 Å². The third-order valence-corrected chi connectivity index (χ3v) is 6.96. The van der Waals surface area contributed by atoms with Crippen molar-refractivity contribution in [3.8, 4) is 11.3 Å². The van der Waals surface area contributed by atoms with E-state index in [1.165, 1.54) is 0 Å². The van der Waals surface area contributed by atoms with E-state index in [0.717, 1.165) is 50.9 Å². The highest BCUT2D eigenvalue weighted by molar-refractivity contribution is 6.06. The van der Waals surface area contributed by atoms with Crippen molar-refractivity contribution < 1.29 is 14.4 Å². The Hall–Kier alpha value is -3.94. The highest BCUT2D eigenvalue weighted by atomic mass is 16.2. The first kappa shape index (κ1) is 19.7. The van der Waals surface area contributed by atoms with Gasteiger partial charge in [0, 0.05) is 53.8 Å². The average Bonchev–Trinajstić information content (AvgIpc) is 3.49. The van der Waals surface area contributed by atoms with Crippen LogP contribution in [0.3, 0.4) is 0 Å². The number of aryl methyl sites for hydroxylation is 1. The molecule has 3 amide bonds. The second-order valence-corrected chi connectivity index (χ2v) is 8.85. The third-order valence-electron chi connectivity index (χ3n) is 6.96. The first-order chi connectivity index (χ1) is 16.0. The lowest BCUT2D eigenvalue weighted by molar-refractivity contribution is -0.142. The van der Waals surface area contributed by atoms with E-state index in [4.69, 9.17) is 0 Å². The second-order valence-electron chi connectivity index (χ2n) is 8.85. The van der Waals surface area contributed by atoms with Gasteiger partial charge in [-0.25, -0.2) is 0 Å². The number of benzene rings is 1. The van der Waals surface area contributed by atoms with E-state index in [-0.39, 0.29) is 24.1 Å². The predicted molar refractivity (Wildman–Crippen MR) is 123 cm³/mol. The van der Waals surface area contributed by atoms with E-state index in [2.05, 4.69) is 33.6 Å². The molecule has 0 saturated carbocycles. The summed E-state index contributed by atoms with van der Waals surface area (Å²) in [5.74, 6) is -0.737. The van der Waals surface area contributed by atoms with E-state index in [9.17, 15) is 14.4 Å². The van der Waals surface area contributed by atoms with Gasteiger partial charge in [-0.15, -0.1) is 0 Å². The van der Waals surface area contributed by atoms with Gasteiger partial charge in [-0.1, -0.05) is 24.3 Å². The highest BCUT2D eigenvalue weighted by Gasteiger charge is 2.40. The fraction of sp³-hybridized carbons (Fsp3) is 0.280. The maximum atomic E-state index is 13.1. The first-order valence-corrected chi connectivity index (χ1v) is 11.2. The lowest BCUT2D eigenvalue weighted by Crippen LogP contribution is -2.53. The number of H-pyrrole nitrogens is 1.